The van der Waals surface area contributed by atoms with Gasteiger partial charge in [-0.15, -0.1) is 5.10 Å². The Hall–Kier alpha value is -2.37. The first kappa shape index (κ1) is 17.1. The number of methoxy groups -OCH3 is 1. The molecule has 2 heterocycles. The number of nitrogens with zero attached hydrogens (tertiary/aromatic N) is 4. The van der Waals surface area contributed by atoms with E-state index in [4.69, 9.17) is 4.74 Å². The normalized spacial score (nSPS) is 18.2. The fraction of sp³-hybridized carbons (Fsp3) is 0.550. The van der Waals surface area contributed by atoms with Crippen molar-refractivity contribution in [2.75, 3.05) is 20.2 Å². The molecule has 1 aromatic heterocycles. The molecule has 2 aliphatic rings. The summed E-state index contributed by atoms with van der Waals surface area (Å²) >= 11 is 0. The minimum Gasteiger partial charge on any atom is -0.496 e. The summed E-state index contributed by atoms with van der Waals surface area (Å²) in [4.78, 5) is 14.8. The Morgan fingerprint density at radius 3 is 2.69 bits per heavy atom. The van der Waals surface area contributed by atoms with E-state index in [-0.39, 0.29) is 5.91 Å². The zero-order valence-corrected chi connectivity index (χ0v) is 15.5. The van der Waals surface area contributed by atoms with Crippen LogP contribution in [0.15, 0.2) is 24.4 Å². The van der Waals surface area contributed by atoms with E-state index in [9.17, 15) is 4.79 Å². The molecule has 0 N–H and O–H groups in total. The maximum Gasteiger partial charge on any atom is 0.257 e. The molecular weight excluding hydrogens is 328 g/mol. The fourth-order valence-corrected chi connectivity index (χ4v) is 3.70. The van der Waals surface area contributed by atoms with Crippen LogP contribution in [0.25, 0.3) is 0 Å². The molecule has 0 unspecified atom stereocenters. The van der Waals surface area contributed by atoms with Gasteiger partial charge in [0.15, 0.2) is 0 Å². The second-order valence-electron chi connectivity index (χ2n) is 7.58. The molecule has 2 fully saturated rings. The van der Waals surface area contributed by atoms with Crippen molar-refractivity contribution in [3.8, 4) is 5.75 Å². The predicted molar refractivity (Wildman–Crippen MR) is 98.4 cm³/mol. The van der Waals surface area contributed by atoms with Gasteiger partial charge in [-0.05, 0) is 56.2 Å². The van der Waals surface area contributed by atoms with Crippen LogP contribution in [0, 0.1) is 12.8 Å². The summed E-state index contributed by atoms with van der Waals surface area (Å²) in [5.74, 6) is 1.92. The molecular formula is C20H26N4O2. The molecule has 6 nitrogen and oxygen atoms in total. The van der Waals surface area contributed by atoms with Gasteiger partial charge in [0, 0.05) is 31.7 Å². The number of aryl methyl sites for hydroxylation is 1. The smallest absolute Gasteiger partial charge is 0.257 e. The highest BCUT2D eigenvalue weighted by Crippen LogP contribution is 2.38. The van der Waals surface area contributed by atoms with Gasteiger partial charge in [-0.25, -0.2) is 0 Å². The van der Waals surface area contributed by atoms with Crippen LogP contribution in [0.4, 0.5) is 0 Å². The van der Waals surface area contributed by atoms with Crippen LogP contribution in [-0.2, 0) is 6.54 Å². The van der Waals surface area contributed by atoms with Crippen molar-refractivity contribution in [2.45, 2.75) is 45.1 Å². The highest BCUT2D eigenvalue weighted by atomic mass is 16.5. The van der Waals surface area contributed by atoms with E-state index in [1.54, 1.807) is 7.11 Å². The third kappa shape index (κ3) is 3.59. The molecule has 6 heteroatoms. The molecule has 0 spiro atoms. The van der Waals surface area contributed by atoms with Gasteiger partial charge in [-0.1, -0.05) is 11.3 Å². The first-order valence-electron chi connectivity index (χ1n) is 9.48. The zero-order chi connectivity index (χ0) is 18.1. The Morgan fingerprint density at radius 2 is 2.00 bits per heavy atom. The highest BCUT2D eigenvalue weighted by molar-refractivity contribution is 5.97. The van der Waals surface area contributed by atoms with Crippen LogP contribution in [0.1, 0.15) is 53.2 Å². The van der Waals surface area contributed by atoms with Gasteiger partial charge in [0.2, 0.25) is 0 Å². The average Bonchev–Trinajstić information content (AvgIpc) is 3.41. The molecule has 4 rings (SSSR count). The van der Waals surface area contributed by atoms with E-state index in [0.717, 1.165) is 43.7 Å². The van der Waals surface area contributed by atoms with Crippen LogP contribution < -0.4 is 4.74 Å². The molecule has 0 atom stereocenters. The van der Waals surface area contributed by atoms with Crippen molar-refractivity contribution in [2.24, 2.45) is 5.92 Å². The van der Waals surface area contributed by atoms with Gasteiger partial charge in [-0.2, -0.15) is 0 Å². The van der Waals surface area contributed by atoms with E-state index in [1.807, 2.05) is 34.7 Å². The first-order valence-corrected chi connectivity index (χ1v) is 9.48. The average molecular weight is 354 g/mol. The number of likely N-dealkylation sites (tertiary alicyclic amines) is 1. The number of hydrogen-bond donors (Lipinski definition) is 0. The van der Waals surface area contributed by atoms with Crippen LogP contribution in [-0.4, -0.2) is 46.0 Å². The Labute approximate surface area is 154 Å². The molecule has 2 aromatic rings. The molecule has 1 amide bonds. The second kappa shape index (κ2) is 7.09. The molecule has 138 valence electrons. The quantitative estimate of drug-likeness (QED) is 0.828. The minimum atomic E-state index is 0.0667. The summed E-state index contributed by atoms with van der Waals surface area (Å²) < 4.78 is 7.38. The Morgan fingerprint density at radius 1 is 1.23 bits per heavy atom. The summed E-state index contributed by atoms with van der Waals surface area (Å²) in [6.45, 7) is 4.46. The maximum absolute atomic E-state index is 12.9. The number of aromatic nitrogens is 3. The van der Waals surface area contributed by atoms with Crippen LogP contribution >= 0.6 is 0 Å². The lowest BCUT2D eigenvalue weighted by Crippen LogP contribution is -2.39. The van der Waals surface area contributed by atoms with Gasteiger partial charge in [-0.3, -0.25) is 9.48 Å². The number of rotatable bonds is 5. The van der Waals surface area contributed by atoms with E-state index in [2.05, 4.69) is 16.5 Å². The van der Waals surface area contributed by atoms with Crippen LogP contribution in [0.3, 0.4) is 0 Å². The monoisotopic (exact) mass is 354 g/mol. The molecule has 1 saturated carbocycles. The third-order valence-corrected chi connectivity index (χ3v) is 5.49. The first-order chi connectivity index (χ1) is 12.6. The third-order valence-electron chi connectivity index (χ3n) is 5.49. The van der Waals surface area contributed by atoms with Gasteiger partial charge in [0.1, 0.15) is 5.75 Å². The molecule has 1 aromatic carbocycles. The lowest BCUT2D eigenvalue weighted by molar-refractivity contribution is 0.0677. The molecule has 1 saturated heterocycles. The summed E-state index contributed by atoms with van der Waals surface area (Å²) in [5, 5.41) is 8.56. The largest absolute Gasteiger partial charge is 0.496 e. The van der Waals surface area contributed by atoms with E-state index in [0.29, 0.717) is 23.1 Å². The summed E-state index contributed by atoms with van der Waals surface area (Å²) in [5.41, 5.74) is 2.89. The SMILES string of the molecule is COc1cc(C)ccc1C(=O)N1CCC(Cn2cc(C3CC3)nn2)CC1. The molecule has 26 heavy (non-hydrogen) atoms. The predicted octanol–water partition coefficient (Wildman–Crippen LogP) is 3.02. The number of piperidine rings is 1. The Kier molecular flexibility index (Phi) is 4.66. The number of ether oxygens (including phenoxy) is 1. The van der Waals surface area contributed by atoms with Crippen molar-refractivity contribution in [1.29, 1.82) is 0 Å². The second-order valence-corrected chi connectivity index (χ2v) is 7.58. The fourth-order valence-electron chi connectivity index (χ4n) is 3.70. The lowest BCUT2D eigenvalue weighted by atomic mass is 9.96. The minimum absolute atomic E-state index is 0.0667. The van der Waals surface area contributed by atoms with Crippen molar-refractivity contribution < 1.29 is 9.53 Å². The topological polar surface area (TPSA) is 60.2 Å². The van der Waals surface area contributed by atoms with Crippen LogP contribution in [0.5, 0.6) is 5.75 Å². The van der Waals surface area contributed by atoms with Crippen molar-refractivity contribution in [1.82, 2.24) is 19.9 Å². The number of benzene rings is 1. The summed E-state index contributed by atoms with van der Waals surface area (Å²) in [6, 6.07) is 5.75. The van der Waals surface area contributed by atoms with Gasteiger partial charge >= 0.3 is 0 Å². The van der Waals surface area contributed by atoms with Crippen molar-refractivity contribution in [3.05, 3.63) is 41.2 Å². The van der Waals surface area contributed by atoms with Gasteiger partial charge in [0.25, 0.3) is 5.91 Å². The Balaban J connectivity index is 1.34. The van der Waals surface area contributed by atoms with E-state index >= 15 is 0 Å². The van der Waals surface area contributed by atoms with E-state index < -0.39 is 0 Å². The standard InChI is InChI=1S/C20H26N4O2/c1-14-3-6-17(19(11-14)26-2)20(25)23-9-7-15(8-10-23)12-24-13-18(21-22-24)16-4-5-16/h3,6,11,13,15-16H,4-5,7-10,12H2,1-2H3. The Bertz CT molecular complexity index is 789. The summed E-state index contributed by atoms with van der Waals surface area (Å²) in [6.07, 6.45) is 6.60. The molecule has 1 aliphatic heterocycles. The number of carbonyl (C=O) groups is 1. The molecule has 1 aliphatic carbocycles. The number of amides is 1. The molecule has 0 radical (unpaired) electrons. The van der Waals surface area contributed by atoms with Crippen molar-refractivity contribution >= 4 is 5.91 Å². The van der Waals surface area contributed by atoms with Gasteiger partial charge < -0.3 is 9.64 Å². The highest BCUT2D eigenvalue weighted by Gasteiger charge is 2.28. The van der Waals surface area contributed by atoms with E-state index in [1.165, 1.54) is 12.8 Å². The number of hydrogen-bond acceptors (Lipinski definition) is 4. The maximum atomic E-state index is 12.9. The molecule has 0 bridgehead atoms. The summed E-state index contributed by atoms with van der Waals surface area (Å²) in [7, 11) is 1.62. The van der Waals surface area contributed by atoms with Gasteiger partial charge in [0.05, 0.1) is 18.4 Å². The zero-order valence-electron chi connectivity index (χ0n) is 15.5. The van der Waals surface area contributed by atoms with Crippen molar-refractivity contribution in [3.63, 3.8) is 0 Å². The number of carbonyl (C=O) groups excluding carboxylic acids is 1. The lowest BCUT2D eigenvalue weighted by Gasteiger charge is -2.32. The van der Waals surface area contributed by atoms with Crippen LogP contribution in [0.2, 0.25) is 0 Å².